The minimum absolute atomic E-state index is 0.0332. The minimum atomic E-state index is -3.81. The molecule has 1 aliphatic heterocycles. The quantitative estimate of drug-likeness (QED) is 0.653. The number of carbonyl (C=O) groups excluding carboxylic acids is 1. The lowest BCUT2D eigenvalue weighted by Gasteiger charge is -2.26. The van der Waals surface area contributed by atoms with E-state index in [1.807, 2.05) is 0 Å². The van der Waals surface area contributed by atoms with Crippen LogP contribution in [0.1, 0.15) is 10.4 Å². The number of amides is 1. The van der Waals surface area contributed by atoms with Crippen LogP contribution >= 0.6 is 0 Å². The Bertz CT molecular complexity index is 994. The Morgan fingerprint density at radius 1 is 1.20 bits per heavy atom. The first kappa shape index (κ1) is 22.2. The van der Waals surface area contributed by atoms with Gasteiger partial charge in [-0.1, -0.05) is 12.1 Å². The van der Waals surface area contributed by atoms with Crippen molar-refractivity contribution in [1.29, 1.82) is 0 Å². The maximum Gasteiger partial charge on any atom is 0.258 e. The first-order chi connectivity index (χ1) is 14.4. The Morgan fingerprint density at radius 2 is 1.93 bits per heavy atom. The Morgan fingerprint density at radius 3 is 2.63 bits per heavy atom. The van der Waals surface area contributed by atoms with Gasteiger partial charge in [-0.3, -0.25) is 9.69 Å². The number of rotatable bonds is 8. The highest BCUT2D eigenvalue weighted by atomic mass is 32.2. The van der Waals surface area contributed by atoms with Crippen molar-refractivity contribution in [3.63, 3.8) is 0 Å². The molecule has 0 atom stereocenters. The van der Waals surface area contributed by atoms with Crippen LogP contribution in [0.15, 0.2) is 47.4 Å². The summed E-state index contributed by atoms with van der Waals surface area (Å²) in [5.74, 6) is -1.13. The molecule has 0 aromatic heterocycles. The minimum Gasteiger partial charge on any atom is -0.495 e. The summed E-state index contributed by atoms with van der Waals surface area (Å²) in [5.41, 5.74) is -0.0294. The normalized spacial score (nSPS) is 15.0. The molecule has 2 aromatic rings. The molecule has 162 valence electrons. The van der Waals surface area contributed by atoms with Crippen LogP contribution in [0, 0.1) is 5.82 Å². The third-order valence-electron chi connectivity index (χ3n) is 4.67. The number of hydrogen-bond donors (Lipinski definition) is 2. The Labute approximate surface area is 175 Å². The molecule has 3 rings (SSSR count). The third kappa shape index (κ3) is 5.54. The lowest BCUT2D eigenvalue weighted by Crippen LogP contribution is -2.41. The van der Waals surface area contributed by atoms with E-state index in [0.29, 0.717) is 19.8 Å². The number of hydrogen-bond acceptors (Lipinski definition) is 6. The van der Waals surface area contributed by atoms with Gasteiger partial charge >= 0.3 is 0 Å². The number of sulfonamides is 1. The zero-order valence-electron chi connectivity index (χ0n) is 16.6. The van der Waals surface area contributed by atoms with Gasteiger partial charge in [-0.2, -0.15) is 0 Å². The molecule has 1 fully saturated rings. The van der Waals surface area contributed by atoms with E-state index in [1.165, 1.54) is 49.6 Å². The van der Waals surface area contributed by atoms with E-state index in [2.05, 4.69) is 14.9 Å². The monoisotopic (exact) mass is 437 g/mol. The number of anilines is 1. The second kappa shape index (κ2) is 9.98. The molecule has 1 saturated heterocycles. The molecule has 8 nitrogen and oxygen atoms in total. The number of ether oxygens (including phenoxy) is 2. The van der Waals surface area contributed by atoms with Crippen LogP contribution in [0.25, 0.3) is 0 Å². The van der Waals surface area contributed by atoms with E-state index in [0.717, 1.165) is 13.1 Å². The molecule has 2 aromatic carbocycles. The fourth-order valence-electron chi connectivity index (χ4n) is 3.03. The summed E-state index contributed by atoms with van der Waals surface area (Å²) in [4.78, 5) is 14.5. The third-order valence-corrected chi connectivity index (χ3v) is 6.13. The van der Waals surface area contributed by atoms with Crippen molar-refractivity contribution in [1.82, 2.24) is 9.62 Å². The van der Waals surface area contributed by atoms with Gasteiger partial charge in [0.2, 0.25) is 10.0 Å². The van der Waals surface area contributed by atoms with Crippen molar-refractivity contribution in [3.8, 4) is 5.75 Å². The van der Waals surface area contributed by atoms with Crippen LogP contribution in [-0.4, -0.2) is 65.7 Å². The Kier molecular flexibility index (Phi) is 7.38. The molecule has 10 heteroatoms. The standard InChI is InChI=1S/C20H24FN3O5S/c1-28-19-7-6-15(30(26,27)22-8-9-24-10-12-29-13-11-24)14-18(19)23-20(25)16-4-2-3-5-17(16)21/h2-7,14,22H,8-13H2,1H3,(H,23,25). The molecule has 0 unspecified atom stereocenters. The highest BCUT2D eigenvalue weighted by molar-refractivity contribution is 7.89. The Balaban J connectivity index is 1.72. The molecule has 0 spiro atoms. The fraction of sp³-hybridized carbons (Fsp3) is 0.350. The van der Waals surface area contributed by atoms with Gasteiger partial charge in [0.25, 0.3) is 5.91 Å². The number of carbonyl (C=O) groups is 1. The average molecular weight is 437 g/mol. The number of halogens is 1. The van der Waals surface area contributed by atoms with Gasteiger partial charge in [-0.25, -0.2) is 17.5 Å². The van der Waals surface area contributed by atoms with Crippen LogP contribution in [-0.2, 0) is 14.8 Å². The fourth-order valence-corrected chi connectivity index (χ4v) is 4.08. The maximum absolute atomic E-state index is 13.9. The summed E-state index contributed by atoms with van der Waals surface area (Å²) in [6.45, 7) is 3.60. The SMILES string of the molecule is COc1ccc(S(=O)(=O)NCCN2CCOCC2)cc1NC(=O)c1ccccc1F. The first-order valence-corrected chi connectivity index (χ1v) is 10.9. The summed E-state index contributed by atoms with van der Waals surface area (Å²) in [6.07, 6.45) is 0. The topological polar surface area (TPSA) is 97.0 Å². The van der Waals surface area contributed by atoms with Gasteiger partial charge < -0.3 is 14.8 Å². The van der Waals surface area contributed by atoms with Crippen LogP contribution < -0.4 is 14.8 Å². The molecule has 1 amide bonds. The van der Waals surface area contributed by atoms with Crippen LogP contribution in [0.3, 0.4) is 0 Å². The zero-order chi connectivity index (χ0) is 21.6. The highest BCUT2D eigenvalue weighted by Gasteiger charge is 2.19. The van der Waals surface area contributed by atoms with Crippen LogP contribution in [0.5, 0.6) is 5.75 Å². The van der Waals surface area contributed by atoms with Crippen molar-refractivity contribution in [2.24, 2.45) is 0 Å². The molecule has 0 saturated carbocycles. The lowest BCUT2D eigenvalue weighted by atomic mass is 10.2. The van der Waals surface area contributed by atoms with Crippen LogP contribution in [0.4, 0.5) is 10.1 Å². The molecule has 1 aliphatic rings. The average Bonchev–Trinajstić information content (AvgIpc) is 2.74. The van der Waals surface area contributed by atoms with Crippen LogP contribution in [0.2, 0.25) is 0 Å². The summed E-state index contributed by atoms with van der Waals surface area (Å²) in [5, 5.41) is 2.52. The molecule has 2 N–H and O–H groups in total. The summed E-state index contributed by atoms with van der Waals surface area (Å²) < 4.78 is 52.2. The predicted molar refractivity (Wildman–Crippen MR) is 110 cm³/mol. The summed E-state index contributed by atoms with van der Waals surface area (Å²) in [7, 11) is -2.41. The second-order valence-electron chi connectivity index (χ2n) is 6.65. The van der Waals surface area contributed by atoms with Crippen molar-refractivity contribution < 1.29 is 27.1 Å². The second-order valence-corrected chi connectivity index (χ2v) is 8.41. The van der Waals surface area contributed by atoms with Gasteiger partial charge in [0.05, 0.1) is 36.5 Å². The number of benzene rings is 2. The van der Waals surface area contributed by atoms with E-state index in [1.54, 1.807) is 0 Å². The van der Waals surface area contributed by atoms with Gasteiger partial charge in [0, 0.05) is 26.2 Å². The summed E-state index contributed by atoms with van der Waals surface area (Å²) >= 11 is 0. The first-order valence-electron chi connectivity index (χ1n) is 9.44. The molecule has 1 heterocycles. The molecule has 30 heavy (non-hydrogen) atoms. The zero-order valence-corrected chi connectivity index (χ0v) is 17.4. The summed E-state index contributed by atoms with van der Waals surface area (Å²) in [6, 6.07) is 9.63. The van der Waals surface area contributed by atoms with Gasteiger partial charge in [-0.15, -0.1) is 0 Å². The van der Waals surface area contributed by atoms with E-state index >= 15 is 0 Å². The van der Waals surface area contributed by atoms with E-state index < -0.39 is 21.7 Å². The number of nitrogens with zero attached hydrogens (tertiary/aromatic N) is 1. The van der Waals surface area contributed by atoms with E-state index in [9.17, 15) is 17.6 Å². The van der Waals surface area contributed by atoms with Crippen molar-refractivity contribution in [2.75, 3.05) is 51.8 Å². The number of morpholine rings is 1. The van der Waals surface area contributed by atoms with E-state index in [-0.39, 0.29) is 28.4 Å². The van der Waals surface area contributed by atoms with Gasteiger partial charge in [0.15, 0.2) is 0 Å². The van der Waals surface area contributed by atoms with Crippen molar-refractivity contribution in [3.05, 3.63) is 53.8 Å². The number of methoxy groups -OCH3 is 1. The molecule has 0 aliphatic carbocycles. The van der Waals surface area contributed by atoms with Gasteiger partial charge in [-0.05, 0) is 30.3 Å². The van der Waals surface area contributed by atoms with Gasteiger partial charge in [0.1, 0.15) is 11.6 Å². The highest BCUT2D eigenvalue weighted by Crippen LogP contribution is 2.28. The predicted octanol–water partition coefficient (Wildman–Crippen LogP) is 1.70. The smallest absolute Gasteiger partial charge is 0.258 e. The molecular weight excluding hydrogens is 413 g/mol. The largest absolute Gasteiger partial charge is 0.495 e. The van der Waals surface area contributed by atoms with Crippen molar-refractivity contribution >= 4 is 21.6 Å². The van der Waals surface area contributed by atoms with Crippen molar-refractivity contribution in [2.45, 2.75) is 4.90 Å². The molecule has 0 bridgehead atoms. The maximum atomic E-state index is 13.9. The molecular formula is C20H24FN3O5S. The molecule has 0 radical (unpaired) electrons. The number of nitrogens with one attached hydrogen (secondary N) is 2. The lowest BCUT2D eigenvalue weighted by molar-refractivity contribution is 0.0390. The van der Waals surface area contributed by atoms with E-state index in [4.69, 9.17) is 9.47 Å². The Hall–Kier alpha value is -2.53.